The molecule has 3 aromatic rings. The number of amides is 2. The lowest BCUT2D eigenvalue weighted by Gasteiger charge is -2.22. The summed E-state index contributed by atoms with van der Waals surface area (Å²) < 4.78 is 0. The van der Waals surface area contributed by atoms with Crippen molar-refractivity contribution >= 4 is 17.6 Å². The number of nitrogens with zero attached hydrogens (tertiary/aromatic N) is 1. The number of benzene rings is 3. The van der Waals surface area contributed by atoms with E-state index in [9.17, 15) is 14.4 Å². The van der Waals surface area contributed by atoms with Crippen LogP contribution in [0.25, 0.3) is 11.1 Å². The monoisotopic (exact) mass is 412 g/mol. The van der Waals surface area contributed by atoms with Gasteiger partial charge in [0.15, 0.2) is 5.78 Å². The molecule has 1 atom stereocenters. The number of hydrogen-bond donors (Lipinski definition) is 1. The molecule has 0 unspecified atom stereocenters. The van der Waals surface area contributed by atoms with Crippen LogP contribution in [-0.4, -0.2) is 41.6 Å². The standard InChI is InChI=1S/C26H24N2O3/c29-24(21-15-13-20(14-16-21)19-8-3-1-4-9-19)18-28-17-7-12-23(28)26(31)27-25(30)22-10-5-2-6-11-22/h1-6,8-11,13-16,23H,7,12,17-18H2,(H,27,30,31)/t23-/m0/s1. The molecule has 156 valence electrons. The molecular weight excluding hydrogens is 388 g/mol. The second-order valence-electron chi connectivity index (χ2n) is 7.68. The van der Waals surface area contributed by atoms with Crippen LogP contribution >= 0.6 is 0 Å². The second-order valence-corrected chi connectivity index (χ2v) is 7.68. The molecule has 1 aliphatic rings. The number of nitrogens with one attached hydrogen (secondary N) is 1. The number of Topliss-reactive ketones (excluding diaryl/α,β-unsaturated/α-hetero) is 1. The van der Waals surface area contributed by atoms with Gasteiger partial charge < -0.3 is 0 Å². The Balaban J connectivity index is 1.38. The maximum Gasteiger partial charge on any atom is 0.257 e. The molecule has 0 bridgehead atoms. The van der Waals surface area contributed by atoms with Gasteiger partial charge in [-0.25, -0.2) is 0 Å². The molecule has 0 radical (unpaired) electrons. The van der Waals surface area contributed by atoms with Gasteiger partial charge in [0.05, 0.1) is 12.6 Å². The molecular formula is C26H24N2O3. The Labute approximate surface area is 181 Å². The van der Waals surface area contributed by atoms with Gasteiger partial charge in [0.2, 0.25) is 5.91 Å². The smallest absolute Gasteiger partial charge is 0.257 e. The Morgan fingerprint density at radius 3 is 2.06 bits per heavy atom. The molecule has 1 heterocycles. The number of imide groups is 1. The van der Waals surface area contributed by atoms with Gasteiger partial charge in [-0.1, -0.05) is 72.8 Å². The van der Waals surface area contributed by atoms with E-state index in [-0.39, 0.29) is 18.2 Å². The van der Waals surface area contributed by atoms with Crippen molar-refractivity contribution in [1.29, 1.82) is 0 Å². The van der Waals surface area contributed by atoms with Crippen molar-refractivity contribution in [3.05, 3.63) is 96.1 Å². The van der Waals surface area contributed by atoms with Crippen LogP contribution in [-0.2, 0) is 4.79 Å². The SMILES string of the molecule is O=C(CN1CCC[C@H]1C(=O)NC(=O)c1ccccc1)c1ccc(-c2ccccc2)cc1. The minimum atomic E-state index is -0.472. The van der Waals surface area contributed by atoms with Crippen molar-refractivity contribution in [2.24, 2.45) is 0 Å². The van der Waals surface area contributed by atoms with Gasteiger partial charge in [0, 0.05) is 11.1 Å². The molecule has 1 aliphatic heterocycles. The first kappa shape index (κ1) is 20.7. The number of carbonyl (C=O) groups is 3. The highest BCUT2D eigenvalue weighted by Gasteiger charge is 2.33. The topological polar surface area (TPSA) is 66.5 Å². The molecule has 1 N–H and O–H groups in total. The Morgan fingerprint density at radius 1 is 0.774 bits per heavy atom. The fraction of sp³-hybridized carbons (Fsp3) is 0.192. The first-order valence-electron chi connectivity index (χ1n) is 10.4. The maximum atomic E-state index is 12.8. The third-order valence-corrected chi connectivity index (χ3v) is 5.60. The summed E-state index contributed by atoms with van der Waals surface area (Å²) in [6, 6.07) is 25.7. The highest BCUT2D eigenvalue weighted by molar-refractivity contribution is 6.06. The fourth-order valence-electron chi connectivity index (χ4n) is 3.92. The van der Waals surface area contributed by atoms with Crippen molar-refractivity contribution < 1.29 is 14.4 Å². The van der Waals surface area contributed by atoms with Crippen LogP contribution in [0.3, 0.4) is 0 Å². The summed E-state index contributed by atoms with van der Waals surface area (Å²) >= 11 is 0. The van der Waals surface area contributed by atoms with Crippen LogP contribution in [0.1, 0.15) is 33.6 Å². The molecule has 1 fully saturated rings. The Hall–Kier alpha value is -3.57. The summed E-state index contributed by atoms with van der Waals surface area (Å²) in [6.07, 6.45) is 1.45. The molecule has 0 saturated carbocycles. The minimum Gasteiger partial charge on any atom is -0.293 e. The fourth-order valence-corrected chi connectivity index (χ4v) is 3.92. The Kier molecular flexibility index (Phi) is 6.34. The molecule has 0 aromatic heterocycles. The van der Waals surface area contributed by atoms with Gasteiger partial charge in [-0.05, 0) is 42.6 Å². The molecule has 0 spiro atoms. The summed E-state index contributed by atoms with van der Waals surface area (Å²) in [6.45, 7) is 0.813. The van der Waals surface area contributed by atoms with E-state index in [1.54, 1.807) is 24.3 Å². The predicted octanol–water partition coefficient (Wildman–Crippen LogP) is 3.96. The molecule has 1 saturated heterocycles. The van der Waals surface area contributed by atoms with E-state index in [0.29, 0.717) is 24.1 Å². The number of ketones is 1. The van der Waals surface area contributed by atoms with E-state index >= 15 is 0 Å². The number of hydrogen-bond acceptors (Lipinski definition) is 4. The summed E-state index contributed by atoms with van der Waals surface area (Å²) in [4.78, 5) is 39.6. The van der Waals surface area contributed by atoms with Crippen LogP contribution in [0.5, 0.6) is 0 Å². The zero-order chi connectivity index (χ0) is 21.6. The van der Waals surface area contributed by atoms with Crippen molar-refractivity contribution in [2.45, 2.75) is 18.9 Å². The van der Waals surface area contributed by atoms with Gasteiger partial charge in [-0.3, -0.25) is 24.6 Å². The normalized spacial score (nSPS) is 16.1. The van der Waals surface area contributed by atoms with Gasteiger partial charge in [-0.2, -0.15) is 0 Å². The van der Waals surface area contributed by atoms with Crippen molar-refractivity contribution in [3.8, 4) is 11.1 Å². The lowest BCUT2D eigenvalue weighted by molar-refractivity contribution is -0.124. The lowest BCUT2D eigenvalue weighted by atomic mass is 10.0. The van der Waals surface area contributed by atoms with Gasteiger partial charge >= 0.3 is 0 Å². The van der Waals surface area contributed by atoms with E-state index in [2.05, 4.69) is 5.32 Å². The third kappa shape index (κ3) is 4.95. The molecule has 5 nitrogen and oxygen atoms in total. The van der Waals surface area contributed by atoms with Gasteiger partial charge in [-0.15, -0.1) is 0 Å². The zero-order valence-electron chi connectivity index (χ0n) is 17.2. The average molecular weight is 412 g/mol. The van der Waals surface area contributed by atoms with E-state index in [4.69, 9.17) is 0 Å². The van der Waals surface area contributed by atoms with Crippen molar-refractivity contribution in [1.82, 2.24) is 10.2 Å². The summed E-state index contributed by atoms with van der Waals surface area (Å²) in [5.74, 6) is -0.799. The third-order valence-electron chi connectivity index (χ3n) is 5.60. The first-order chi connectivity index (χ1) is 15.1. The van der Waals surface area contributed by atoms with E-state index in [1.165, 1.54) is 0 Å². The van der Waals surface area contributed by atoms with E-state index in [0.717, 1.165) is 17.5 Å². The van der Waals surface area contributed by atoms with Crippen LogP contribution in [0.2, 0.25) is 0 Å². The van der Waals surface area contributed by atoms with Crippen molar-refractivity contribution in [2.75, 3.05) is 13.1 Å². The summed E-state index contributed by atoms with van der Waals surface area (Å²) in [5.41, 5.74) is 3.21. The molecule has 31 heavy (non-hydrogen) atoms. The van der Waals surface area contributed by atoms with E-state index < -0.39 is 11.9 Å². The minimum absolute atomic E-state index is 0.0336. The molecule has 5 heteroatoms. The van der Waals surface area contributed by atoms with Gasteiger partial charge in [0.25, 0.3) is 5.91 Å². The largest absolute Gasteiger partial charge is 0.293 e. The molecule has 3 aromatic carbocycles. The van der Waals surface area contributed by atoms with Crippen molar-refractivity contribution in [3.63, 3.8) is 0 Å². The van der Waals surface area contributed by atoms with E-state index in [1.807, 2.05) is 65.6 Å². The highest BCUT2D eigenvalue weighted by atomic mass is 16.2. The second kappa shape index (κ2) is 9.49. The van der Waals surface area contributed by atoms with Gasteiger partial charge in [0.1, 0.15) is 0 Å². The molecule has 4 rings (SSSR count). The van der Waals surface area contributed by atoms with Crippen LogP contribution in [0.15, 0.2) is 84.9 Å². The summed E-state index contributed by atoms with van der Waals surface area (Å²) in [5, 5.41) is 2.48. The van der Waals surface area contributed by atoms with Crippen LogP contribution in [0.4, 0.5) is 0 Å². The maximum absolute atomic E-state index is 12.8. The first-order valence-corrected chi connectivity index (χ1v) is 10.4. The number of likely N-dealkylation sites (tertiary alicyclic amines) is 1. The Morgan fingerprint density at radius 2 is 1.39 bits per heavy atom. The number of rotatable bonds is 6. The zero-order valence-corrected chi connectivity index (χ0v) is 17.2. The Bertz CT molecular complexity index is 1060. The van der Waals surface area contributed by atoms with Crippen LogP contribution < -0.4 is 5.32 Å². The average Bonchev–Trinajstić information content (AvgIpc) is 3.28. The highest BCUT2D eigenvalue weighted by Crippen LogP contribution is 2.21. The number of carbonyl (C=O) groups excluding carboxylic acids is 3. The quantitative estimate of drug-likeness (QED) is 0.492. The van der Waals surface area contributed by atoms with Crippen LogP contribution in [0, 0.1) is 0 Å². The molecule has 0 aliphatic carbocycles. The molecule has 2 amide bonds. The lowest BCUT2D eigenvalue weighted by Crippen LogP contribution is -2.46. The summed E-state index contributed by atoms with van der Waals surface area (Å²) in [7, 11) is 0. The predicted molar refractivity (Wildman–Crippen MR) is 120 cm³/mol.